The molecule has 150 valence electrons. The number of carbonyl (C=O) groups is 2. The van der Waals surface area contributed by atoms with Crippen LogP contribution in [0.5, 0.6) is 5.75 Å². The molecule has 1 aromatic heterocycles. The first-order valence-corrected chi connectivity index (χ1v) is 10.0. The fraction of sp³-hybridized carbons (Fsp3) is 0.227. The quantitative estimate of drug-likeness (QED) is 0.526. The second-order valence-electron chi connectivity index (χ2n) is 6.30. The second kappa shape index (κ2) is 9.34. The summed E-state index contributed by atoms with van der Waals surface area (Å²) in [5.41, 5.74) is 3.18. The van der Waals surface area contributed by atoms with Gasteiger partial charge in [0.15, 0.2) is 5.13 Å². The molecule has 0 radical (unpaired) electrons. The lowest BCUT2D eigenvalue weighted by Crippen LogP contribution is -2.22. The van der Waals surface area contributed by atoms with Gasteiger partial charge in [-0.2, -0.15) is 0 Å². The zero-order valence-corrected chi connectivity index (χ0v) is 17.4. The molecule has 0 saturated carbocycles. The number of benzene rings is 2. The van der Waals surface area contributed by atoms with E-state index in [1.165, 1.54) is 30.9 Å². The molecule has 1 heterocycles. The third-order valence-electron chi connectivity index (χ3n) is 4.31. The molecule has 6 nitrogen and oxygen atoms in total. The Morgan fingerprint density at radius 2 is 1.76 bits per heavy atom. The van der Waals surface area contributed by atoms with Crippen molar-refractivity contribution in [2.75, 3.05) is 12.0 Å². The van der Waals surface area contributed by atoms with Crippen LogP contribution in [0.4, 0.5) is 10.8 Å². The van der Waals surface area contributed by atoms with Crippen LogP contribution in [0.1, 0.15) is 35.5 Å². The Balaban J connectivity index is 1.69. The SMILES string of the molecule is CCc1ccc(N(C(C)=O)c2nc(COc3ccc(C(=O)OC)cc3)cs2)cc1. The van der Waals surface area contributed by atoms with Crippen molar-refractivity contribution >= 4 is 34.0 Å². The maximum absolute atomic E-state index is 12.2. The Bertz CT molecular complexity index is 981. The molecule has 0 unspecified atom stereocenters. The fourth-order valence-corrected chi connectivity index (χ4v) is 3.61. The first-order valence-electron chi connectivity index (χ1n) is 9.17. The minimum atomic E-state index is -0.392. The molecular formula is C22H22N2O4S. The number of nitrogens with zero attached hydrogens (tertiary/aromatic N) is 2. The predicted octanol–water partition coefficient (Wildman–Crippen LogP) is 4.76. The summed E-state index contributed by atoms with van der Waals surface area (Å²) in [5, 5.41) is 2.47. The van der Waals surface area contributed by atoms with E-state index >= 15 is 0 Å². The highest BCUT2D eigenvalue weighted by Crippen LogP contribution is 2.29. The van der Waals surface area contributed by atoms with Crippen LogP contribution in [0.2, 0.25) is 0 Å². The Kier molecular flexibility index (Phi) is 6.61. The Morgan fingerprint density at radius 1 is 1.07 bits per heavy atom. The second-order valence-corrected chi connectivity index (χ2v) is 7.14. The van der Waals surface area contributed by atoms with E-state index in [9.17, 15) is 9.59 Å². The van der Waals surface area contributed by atoms with Crippen LogP contribution in [-0.2, 0) is 22.6 Å². The normalized spacial score (nSPS) is 10.4. The van der Waals surface area contributed by atoms with Crippen LogP contribution in [0.25, 0.3) is 0 Å². The van der Waals surface area contributed by atoms with Gasteiger partial charge in [0.25, 0.3) is 0 Å². The van der Waals surface area contributed by atoms with Gasteiger partial charge in [-0.3, -0.25) is 9.69 Å². The molecule has 0 fully saturated rings. The van der Waals surface area contributed by atoms with E-state index in [0.717, 1.165) is 17.8 Å². The summed E-state index contributed by atoms with van der Waals surface area (Å²) >= 11 is 1.39. The number of thiazole rings is 1. The zero-order valence-electron chi connectivity index (χ0n) is 16.5. The van der Waals surface area contributed by atoms with Crippen LogP contribution in [-0.4, -0.2) is 24.0 Å². The highest BCUT2D eigenvalue weighted by atomic mass is 32.1. The Morgan fingerprint density at radius 3 is 2.34 bits per heavy atom. The lowest BCUT2D eigenvalue weighted by atomic mass is 10.1. The number of anilines is 2. The topological polar surface area (TPSA) is 68.7 Å². The fourth-order valence-electron chi connectivity index (χ4n) is 2.74. The molecule has 0 saturated heterocycles. The maximum atomic E-state index is 12.2. The van der Waals surface area contributed by atoms with Crippen molar-refractivity contribution in [1.82, 2.24) is 4.98 Å². The van der Waals surface area contributed by atoms with Gasteiger partial charge in [0.05, 0.1) is 24.1 Å². The van der Waals surface area contributed by atoms with Crippen molar-refractivity contribution in [2.45, 2.75) is 26.9 Å². The highest BCUT2D eigenvalue weighted by molar-refractivity contribution is 7.14. The third-order valence-corrected chi connectivity index (χ3v) is 5.19. The number of hydrogen-bond acceptors (Lipinski definition) is 6. The molecule has 0 spiro atoms. The Hall–Kier alpha value is -3.19. The van der Waals surface area contributed by atoms with Gasteiger partial charge >= 0.3 is 5.97 Å². The summed E-state index contributed by atoms with van der Waals surface area (Å²) in [6.45, 7) is 3.87. The smallest absolute Gasteiger partial charge is 0.337 e. The van der Waals surface area contributed by atoms with Gasteiger partial charge in [-0.1, -0.05) is 19.1 Å². The van der Waals surface area contributed by atoms with Crippen LogP contribution in [0, 0.1) is 0 Å². The number of ether oxygens (including phenoxy) is 2. The van der Waals surface area contributed by atoms with E-state index in [0.29, 0.717) is 16.4 Å². The minimum absolute atomic E-state index is 0.102. The number of esters is 1. The number of aryl methyl sites for hydroxylation is 1. The summed E-state index contributed by atoms with van der Waals surface area (Å²) in [5.74, 6) is 0.122. The van der Waals surface area contributed by atoms with E-state index in [1.54, 1.807) is 29.2 Å². The number of carbonyl (C=O) groups excluding carboxylic acids is 2. The number of aromatic nitrogens is 1. The minimum Gasteiger partial charge on any atom is -0.487 e. The van der Waals surface area contributed by atoms with Crippen molar-refractivity contribution in [3.63, 3.8) is 0 Å². The molecule has 3 rings (SSSR count). The molecule has 1 amide bonds. The molecule has 0 N–H and O–H groups in total. The van der Waals surface area contributed by atoms with Crippen molar-refractivity contribution in [3.8, 4) is 5.75 Å². The number of methoxy groups -OCH3 is 1. The van der Waals surface area contributed by atoms with Crippen molar-refractivity contribution in [2.24, 2.45) is 0 Å². The lowest BCUT2D eigenvalue weighted by Gasteiger charge is -2.18. The largest absolute Gasteiger partial charge is 0.487 e. The number of hydrogen-bond donors (Lipinski definition) is 0. The zero-order chi connectivity index (χ0) is 20.8. The van der Waals surface area contributed by atoms with Crippen LogP contribution < -0.4 is 9.64 Å². The van der Waals surface area contributed by atoms with Gasteiger partial charge in [0.1, 0.15) is 12.4 Å². The van der Waals surface area contributed by atoms with Crippen LogP contribution in [0.3, 0.4) is 0 Å². The summed E-state index contributed by atoms with van der Waals surface area (Å²) in [6, 6.07) is 14.6. The summed E-state index contributed by atoms with van der Waals surface area (Å²) in [6.07, 6.45) is 0.944. The number of amides is 1. The van der Waals surface area contributed by atoms with E-state index in [2.05, 4.69) is 16.6 Å². The Labute approximate surface area is 173 Å². The van der Waals surface area contributed by atoms with Gasteiger partial charge in [0, 0.05) is 12.3 Å². The van der Waals surface area contributed by atoms with Gasteiger partial charge < -0.3 is 9.47 Å². The number of rotatable bonds is 7. The molecular weight excluding hydrogens is 388 g/mol. The highest BCUT2D eigenvalue weighted by Gasteiger charge is 2.18. The molecule has 7 heteroatoms. The van der Waals surface area contributed by atoms with Crippen molar-refractivity contribution < 1.29 is 19.1 Å². The molecule has 2 aromatic carbocycles. The third kappa shape index (κ3) is 5.00. The van der Waals surface area contributed by atoms with Gasteiger partial charge in [-0.05, 0) is 48.4 Å². The average molecular weight is 410 g/mol. The molecule has 0 atom stereocenters. The van der Waals surface area contributed by atoms with E-state index < -0.39 is 5.97 Å². The maximum Gasteiger partial charge on any atom is 0.337 e. The summed E-state index contributed by atoms with van der Waals surface area (Å²) < 4.78 is 10.4. The van der Waals surface area contributed by atoms with Crippen LogP contribution in [0.15, 0.2) is 53.9 Å². The lowest BCUT2D eigenvalue weighted by molar-refractivity contribution is -0.115. The molecule has 0 aliphatic rings. The van der Waals surface area contributed by atoms with Gasteiger partial charge in [0.2, 0.25) is 5.91 Å². The van der Waals surface area contributed by atoms with Crippen LogP contribution >= 0.6 is 11.3 Å². The van der Waals surface area contributed by atoms with E-state index in [-0.39, 0.29) is 12.5 Å². The van der Waals surface area contributed by atoms with Gasteiger partial charge in [-0.25, -0.2) is 9.78 Å². The summed E-state index contributed by atoms with van der Waals surface area (Å²) in [4.78, 5) is 29.8. The first-order chi connectivity index (χ1) is 14.0. The molecule has 0 aliphatic carbocycles. The molecule has 0 aliphatic heterocycles. The van der Waals surface area contributed by atoms with E-state index in [4.69, 9.17) is 4.74 Å². The standard InChI is InChI=1S/C22H22N2O4S/c1-4-16-5-9-19(10-6-16)24(15(2)25)22-23-18(14-29-22)13-28-20-11-7-17(8-12-20)21(26)27-3/h5-12,14H,4,13H2,1-3H3. The molecule has 3 aromatic rings. The van der Waals surface area contributed by atoms with E-state index in [1.807, 2.05) is 29.6 Å². The first kappa shape index (κ1) is 20.5. The summed E-state index contributed by atoms with van der Waals surface area (Å²) in [7, 11) is 1.34. The molecule has 0 bridgehead atoms. The van der Waals surface area contributed by atoms with Crippen molar-refractivity contribution in [1.29, 1.82) is 0 Å². The monoisotopic (exact) mass is 410 g/mol. The average Bonchev–Trinajstić information content (AvgIpc) is 3.20. The van der Waals surface area contributed by atoms with Gasteiger partial charge in [-0.15, -0.1) is 11.3 Å². The predicted molar refractivity (Wildman–Crippen MR) is 113 cm³/mol. The van der Waals surface area contributed by atoms with Crippen molar-refractivity contribution in [3.05, 3.63) is 70.7 Å². The molecule has 29 heavy (non-hydrogen) atoms.